The van der Waals surface area contributed by atoms with Crippen LogP contribution >= 0.6 is 11.6 Å². The van der Waals surface area contributed by atoms with Crippen LogP contribution in [-0.4, -0.2) is 28.8 Å². The molecule has 0 aliphatic rings. The number of ether oxygens (including phenoxy) is 1. The van der Waals surface area contributed by atoms with E-state index in [1.54, 1.807) is 24.3 Å². The van der Waals surface area contributed by atoms with Crippen molar-refractivity contribution in [2.45, 2.75) is 32.7 Å². The minimum Gasteiger partial charge on any atom is -0.465 e. The number of benzene rings is 2. The van der Waals surface area contributed by atoms with Crippen molar-refractivity contribution < 1.29 is 14.3 Å². The molecule has 156 valence electrons. The number of halogens is 1. The lowest BCUT2D eigenvalue weighted by Crippen LogP contribution is -2.28. The van der Waals surface area contributed by atoms with Crippen LogP contribution in [-0.2, 0) is 11.3 Å². The lowest BCUT2D eigenvalue weighted by molar-refractivity contribution is 0.0600. The molecule has 8 heteroatoms. The summed E-state index contributed by atoms with van der Waals surface area (Å²) < 4.78 is 6.04. The van der Waals surface area contributed by atoms with E-state index < -0.39 is 11.9 Å². The van der Waals surface area contributed by atoms with Gasteiger partial charge < -0.3 is 10.1 Å². The molecule has 0 aliphatic carbocycles. The fraction of sp³-hybridized carbons (Fsp3) is 0.273. The molecule has 0 unspecified atom stereocenters. The number of rotatable bonds is 7. The van der Waals surface area contributed by atoms with Gasteiger partial charge in [0, 0.05) is 11.9 Å². The zero-order valence-corrected chi connectivity index (χ0v) is 17.5. The van der Waals surface area contributed by atoms with Crippen LogP contribution in [0.1, 0.15) is 47.0 Å². The summed E-state index contributed by atoms with van der Waals surface area (Å²) in [7, 11) is 1.27. The second-order valence-corrected chi connectivity index (χ2v) is 7.18. The fourth-order valence-corrected chi connectivity index (χ4v) is 3.28. The minimum atomic E-state index is -0.546. The van der Waals surface area contributed by atoms with E-state index in [1.807, 2.05) is 0 Å². The third kappa shape index (κ3) is 4.52. The van der Waals surface area contributed by atoms with Gasteiger partial charge >= 0.3 is 5.97 Å². The molecule has 0 atom stereocenters. The zero-order chi connectivity index (χ0) is 21.7. The van der Waals surface area contributed by atoms with Gasteiger partial charge in [-0.3, -0.25) is 9.59 Å². The number of esters is 1. The van der Waals surface area contributed by atoms with Crippen molar-refractivity contribution >= 4 is 39.9 Å². The van der Waals surface area contributed by atoms with E-state index in [0.717, 1.165) is 19.3 Å². The van der Waals surface area contributed by atoms with Crippen molar-refractivity contribution in [2.75, 3.05) is 12.4 Å². The van der Waals surface area contributed by atoms with E-state index in [0.29, 0.717) is 17.3 Å². The summed E-state index contributed by atoms with van der Waals surface area (Å²) in [6, 6.07) is 11.3. The Morgan fingerprint density at radius 1 is 1.13 bits per heavy atom. The van der Waals surface area contributed by atoms with E-state index in [1.165, 1.54) is 30.0 Å². The van der Waals surface area contributed by atoms with Gasteiger partial charge in [0.2, 0.25) is 0 Å². The maximum atomic E-state index is 13.1. The average molecular weight is 428 g/mol. The first-order valence-electron chi connectivity index (χ1n) is 9.65. The largest absolute Gasteiger partial charge is 0.465 e. The molecule has 0 saturated heterocycles. The average Bonchev–Trinajstić information content (AvgIpc) is 2.76. The molecule has 1 aromatic heterocycles. The number of unbranched alkanes of at least 4 members (excludes halogenated alkanes) is 2. The lowest BCUT2D eigenvalue weighted by Gasteiger charge is -2.12. The van der Waals surface area contributed by atoms with Gasteiger partial charge in [0.25, 0.3) is 11.5 Å². The second kappa shape index (κ2) is 9.54. The minimum absolute atomic E-state index is 0.112. The highest BCUT2D eigenvalue weighted by Crippen LogP contribution is 2.25. The Morgan fingerprint density at radius 2 is 1.87 bits per heavy atom. The highest BCUT2D eigenvalue weighted by atomic mass is 35.5. The molecule has 2 aromatic carbocycles. The van der Waals surface area contributed by atoms with Gasteiger partial charge in [0.15, 0.2) is 5.69 Å². The Morgan fingerprint density at radius 3 is 2.57 bits per heavy atom. The third-order valence-corrected chi connectivity index (χ3v) is 5.02. The van der Waals surface area contributed by atoms with Crippen LogP contribution in [0.25, 0.3) is 10.8 Å². The predicted octanol–water partition coefficient (Wildman–Crippen LogP) is 4.28. The third-order valence-electron chi connectivity index (χ3n) is 4.69. The summed E-state index contributed by atoms with van der Waals surface area (Å²) in [6.07, 6.45) is 2.75. The Labute approximate surface area is 178 Å². The molecule has 0 saturated carbocycles. The predicted molar refractivity (Wildman–Crippen MR) is 116 cm³/mol. The highest BCUT2D eigenvalue weighted by Gasteiger charge is 2.18. The fourth-order valence-electron chi connectivity index (χ4n) is 3.11. The molecule has 7 nitrogen and oxygen atoms in total. The highest BCUT2D eigenvalue weighted by molar-refractivity contribution is 6.34. The molecular weight excluding hydrogens is 406 g/mol. The Bertz CT molecular complexity index is 1160. The summed E-state index contributed by atoms with van der Waals surface area (Å²) in [5.41, 5.74) is 0.379. The summed E-state index contributed by atoms with van der Waals surface area (Å²) >= 11 is 6.19. The van der Waals surface area contributed by atoms with E-state index in [-0.39, 0.29) is 27.5 Å². The van der Waals surface area contributed by atoms with Gasteiger partial charge in [-0.15, -0.1) is 0 Å². The molecule has 3 aromatic rings. The smallest absolute Gasteiger partial charge is 0.337 e. The number of fused-ring (bicyclic) bond motifs is 1. The maximum absolute atomic E-state index is 13.1. The number of hydrogen-bond donors (Lipinski definition) is 1. The van der Waals surface area contributed by atoms with E-state index in [4.69, 9.17) is 16.3 Å². The summed E-state index contributed by atoms with van der Waals surface area (Å²) in [5, 5.41) is 8.16. The monoisotopic (exact) mass is 427 g/mol. The van der Waals surface area contributed by atoms with Crippen molar-refractivity contribution in [1.82, 2.24) is 9.78 Å². The number of aryl methyl sites for hydroxylation is 1. The molecule has 0 spiro atoms. The van der Waals surface area contributed by atoms with Crippen molar-refractivity contribution in [3.8, 4) is 0 Å². The number of anilines is 1. The van der Waals surface area contributed by atoms with Gasteiger partial charge in [-0.2, -0.15) is 5.10 Å². The number of nitrogens with zero attached hydrogens (tertiary/aromatic N) is 2. The molecule has 0 bridgehead atoms. The zero-order valence-electron chi connectivity index (χ0n) is 16.8. The quantitative estimate of drug-likeness (QED) is 0.449. The number of carbonyl (C=O) groups excluding carboxylic acids is 2. The van der Waals surface area contributed by atoms with E-state index in [9.17, 15) is 14.4 Å². The number of methoxy groups -OCH3 is 1. The number of nitrogens with one attached hydrogen (secondary N) is 1. The molecular formula is C22H22ClN3O4. The van der Waals surface area contributed by atoms with Crippen LogP contribution in [0.2, 0.25) is 5.02 Å². The summed E-state index contributed by atoms with van der Waals surface area (Å²) in [6.45, 7) is 2.50. The number of aromatic nitrogens is 2. The molecule has 3 rings (SSSR count). The van der Waals surface area contributed by atoms with Gasteiger partial charge in [-0.1, -0.05) is 49.6 Å². The van der Waals surface area contributed by atoms with Crippen molar-refractivity contribution in [3.05, 3.63) is 69.1 Å². The van der Waals surface area contributed by atoms with Crippen molar-refractivity contribution in [3.63, 3.8) is 0 Å². The molecule has 30 heavy (non-hydrogen) atoms. The summed E-state index contributed by atoms with van der Waals surface area (Å²) in [4.78, 5) is 37.6. The Balaban J connectivity index is 2.01. The van der Waals surface area contributed by atoms with Crippen LogP contribution in [0.4, 0.5) is 5.69 Å². The first kappa shape index (κ1) is 21.5. The summed E-state index contributed by atoms with van der Waals surface area (Å²) in [5.74, 6) is -1.07. The molecule has 0 aliphatic heterocycles. The van der Waals surface area contributed by atoms with Crippen LogP contribution in [0.3, 0.4) is 0 Å². The first-order valence-corrected chi connectivity index (χ1v) is 10.0. The molecule has 1 heterocycles. The van der Waals surface area contributed by atoms with Crippen molar-refractivity contribution in [1.29, 1.82) is 0 Å². The van der Waals surface area contributed by atoms with E-state index in [2.05, 4.69) is 17.3 Å². The standard InChI is InChI=1S/C22H22ClN3O4/c1-3-4-7-12-26-21(28)16-9-6-5-8-15(16)19(25-26)20(27)24-18-13-14(22(29)30-2)10-11-17(18)23/h5-6,8-11,13H,3-4,7,12H2,1-2H3,(H,24,27). The first-order chi connectivity index (χ1) is 14.5. The van der Waals surface area contributed by atoms with Gasteiger partial charge in [-0.25, -0.2) is 9.48 Å². The van der Waals surface area contributed by atoms with Crippen LogP contribution in [0, 0.1) is 0 Å². The topological polar surface area (TPSA) is 90.3 Å². The molecule has 0 radical (unpaired) electrons. The van der Waals surface area contributed by atoms with Crippen LogP contribution in [0.5, 0.6) is 0 Å². The van der Waals surface area contributed by atoms with Crippen LogP contribution in [0.15, 0.2) is 47.3 Å². The number of amides is 1. The van der Waals surface area contributed by atoms with Crippen molar-refractivity contribution in [2.24, 2.45) is 0 Å². The van der Waals surface area contributed by atoms with Gasteiger partial charge in [-0.05, 0) is 30.7 Å². The number of carbonyl (C=O) groups is 2. The lowest BCUT2D eigenvalue weighted by atomic mass is 10.1. The Kier molecular flexibility index (Phi) is 6.84. The normalized spacial score (nSPS) is 10.8. The molecule has 1 amide bonds. The van der Waals surface area contributed by atoms with Gasteiger partial charge in [0.1, 0.15) is 0 Å². The van der Waals surface area contributed by atoms with Crippen LogP contribution < -0.4 is 10.9 Å². The molecule has 1 N–H and O–H groups in total. The Hall–Kier alpha value is -3.19. The van der Waals surface area contributed by atoms with E-state index >= 15 is 0 Å². The number of hydrogen-bond acceptors (Lipinski definition) is 5. The second-order valence-electron chi connectivity index (χ2n) is 6.77. The maximum Gasteiger partial charge on any atom is 0.337 e. The SMILES string of the molecule is CCCCCn1nc(C(=O)Nc2cc(C(=O)OC)ccc2Cl)c2ccccc2c1=O. The van der Waals surface area contributed by atoms with Gasteiger partial charge in [0.05, 0.1) is 28.8 Å². The molecule has 0 fully saturated rings.